The van der Waals surface area contributed by atoms with E-state index in [2.05, 4.69) is 20.0 Å². The molecular weight excluding hydrogens is 392 g/mol. The fourth-order valence-electron chi connectivity index (χ4n) is 2.94. The molecule has 0 spiro atoms. The van der Waals surface area contributed by atoms with Crippen LogP contribution in [0.15, 0.2) is 65.0 Å². The Bertz CT molecular complexity index is 1120. The van der Waals surface area contributed by atoms with Crippen LogP contribution in [0.2, 0.25) is 0 Å². The molecule has 29 heavy (non-hydrogen) atoms. The quantitative estimate of drug-likeness (QED) is 0.239. The molecule has 0 aliphatic heterocycles. The van der Waals surface area contributed by atoms with E-state index in [4.69, 9.17) is 9.71 Å². The van der Waals surface area contributed by atoms with Gasteiger partial charge in [0.25, 0.3) is 0 Å². The van der Waals surface area contributed by atoms with Crippen LogP contribution in [-0.2, 0) is 23.2 Å². The third-order valence-electron chi connectivity index (χ3n) is 4.15. The van der Waals surface area contributed by atoms with Crippen molar-refractivity contribution in [2.75, 3.05) is 0 Å². The van der Waals surface area contributed by atoms with Gasteiger partial charge >= 0.3 is 10.1 Å². The molecule has 0 amide bonds. The number of nitrogens with zero attached hydrogens (tertiary/aromatic N) is 6. The van der Waals surface area contributed by atoms with Gasteiger partial charge in [0.15, 0.2) is 0 Å². The normalized spacial score (nSPS) is 11.3. The van der Waals surface area contributed by atoms with Crippen LogP contribution in [0.4, 0.5) is 0 Å². The Kier molecular flexibility index (Phi) is 6.16. The molecular formula is C19H20N6O3S. The molecule has 0 bridgehead atoms. The lowest BCUT2D eigenvalue weighted by Crippen LogP contribution is -2.15. The lowest BCUT2D eigenvalue weighted by atomic mass is 10.1. The molecule has 0 aliphatic carbocycles. The molecule has 0 radical (unpaired) electrons. The SMILES string of the molecule is CC(C)c1c(S(=O)(=O)Oc2ccccc2)nc(CN=[N+]=[N-])n1Cc1ccncc1. The number of pyridine rings is 1. The summed E-state index contributed by atoms with van der Waals surface area (Å²) in [4.78, 5) is 11.1. The summed E-state index contributed by atoms with van der Waals surface area (Å²) in [5.74, 6) is 0.370. The van der Waals surface area contributed by atoms with Crippen molar-refractivity contribution in [3.05, 3.63) is 82.4 Å². The van der Waals surface area contributed by atoms with Gasteiger partial charge in [-0.3, -0.25) is 4.98 Å². The van der Waals surface area contributed by atoms with Gasteiger partial charge in [0.2, 0.25) is 5.03 Å². The van der Waals surface area contributed by atoms with E-state index < -0.39 is 10.1 Å². The van der Waals surface area contributed by atoms with Crippen molar-refractivity contribution < 1.29 is 12.6 Å². The molecule has 0 fully saturated rings. The molecule has 3 rings (SSSR count). The number of hydrogen-bond donors (Lipinski definition) is 0. The average Bonchev–Trinajstić information content (AvgIpc) is 3.07. The highest BCUT2D eigenvalue weighted by atomic mass is 32.2. The van der Waals surface area contributed by atoms with Crippen molar-refractivity contribution in [2.45, 2.75) is 37.9 Å². The largest absolute Gasteiger partial charge is 0.378 e. The van der Waals surface area contributed by atoms with Crippen molar-refractivity contribution >= 4 is 10.1 Å². The van der Waals surface area contributed by atoms with Crippen LogP contribution in [0.5, 0.6) is 5.75 Å². The molecule has 10 heteroatoms. The topological polar surface area (TPSA) is 123 Å². The minimum Gasteiger partial charge on any atom is -0.378 e. The van der Waals surface area contributed by atoms with Crippen molar-refractivity contribution in [3.63, 3.8) is 0 Å². The minimum atomic E-state index is -4.19. The standard InChI is InChI=1S/C19H20N6O3S/c1-14(2)18-19(29(26,27)28-16-6-4-3-5-7-16)23-17(12-22-24-20)25(18)13-15-8-10-21-11-9-15/h3-11,14H,12-13H2,1-2H3. The Morgan fingerprint density at radius 1 is 1.17 bits per heavy atom. The van der Waals surface area contributed by atoms with Gasteiger partial charge in [-0.15, -0.1) is 0 Å². The number of benzene rings is 1. The second kappa shape index (κ2) is 8.76. The zero-order valence-corrected chi connectivity index (χ0v) is 16.8. The van der Waals surface area contributed by atoms with Gasteiger partial charge < -0.3 is 8.75 Å². The third-order valence-corrected chi connectivity index (χ3v) is 5.34. The van der Waals surface area contributed by atoms with Crippen LogP contribution < -0.4 is 4.18 Å². The van der Waals surface area contributed by atoms with Gasteiger partial charge in [-0.1, -0.05) is 37.2 Å². The number of para-hydroxylation sites is 1. The Morgan fingerprint density at radius 3 is 2.48 bits per heavy atom. The summed E-state index contributed by atoms with van der Waals surface area (Å²) in [6.45, 7) is 4.03. The highest BCUT2D eigenvalue weighted by Gasteiger charge is 2.30. The van der Waals surface area contributed by atoms with Crippen LogP contribution >= 0.6 is 0 Å². The molecule has 0 N–H and O–H groups in total. The highest BCUT2D eigenvalue weighted by molar-refractivity contribution is 7.87. The molecule has 3 aromatic rings. The van der Waals surface area contributed by atoms with Crippen LogP contribution in [0, 0.1) is 0 Å². The van der Waals surface area contributed by atoms with Gasteiger partial charge in [0.05, 0.1) is 12.2 Å². The molecule has 0 atom stereocenters. The molecule has 0 unspecified atom stereocenters. The van der Waals surface area contributed by atoms with E-state index in [0.717, 1.165) is 5.56 Å². The maximum atomic E-state index is 13.0. The van der Waals surface area contributed by atoms with E-state index in [1.807, 2.05) is 26.0 Å². The first-order valence-corrected chi connectivity index (χ1v) is 10.3. The van der Waals surface area contributed by atoms with Crippen molar-refractivity contribution in [2.24, 2.45) is 5.11 Å². The second-order valence-corrected chi connectivity index (χ2v) is 8.02. The van der Waals surface area contributed by atoms with Gasteiger partial charge in [0.1, 0.15) is 11.6 Å². The smallest absolute Gasteiger partial charge is 0.358 e. The Balaban J connectivity index is 2.12. The van der Waals surface area contributed by atoms with Gasteiger partial charge in [-0.05, 0) is 41.3 Å². The van der Waals surface area contributed by atoms with Crippen molar-refractivity contribution in [1.29, 1.82) is 0 Å². The van der Waals surface area contributed by atoms with E-state index >= 15 is 0 Å². The Morgan fingerprint density at radius 2 is 1.86 bits per heavy atom. The summed E-state index contributed by atoms with van der Waals surface area (Å²) < 4.78 is 33.1. The fraction of sp³-hybridized carbons (Fsp3) is 0.263. The summed E-state index contributed by atoms with van der Waals surface area (Å²) in [6.07, 6.45) is 3.31. The highest BCUT2D eigenvalue weighted by Crippen LogP contribution is 2.29. The van der Waals surface area contributed by atoms with E-state index in [1.165, 1.54) is 0 Å². The van der Waals surface area contributed by atoms with E-state index in [-0.39, 0.29) is 23.2 Å². The van der Waals surface area contributed by atoms with E-state index in [9.17, 15) is 8.42 Å². The number of rotatable bonds is 8. The van der Waals surface area contributed by atoms with Crippen LogP contribution in [0.3, 0.4) is 0 Å². The van der Waals surface area contributed by atoms with Gasteiger partial charge in [0, 0.05) is 23.9 Å². The lowest BCUT2D eigenvalue weighted by molar-refractivity contribution is 0.480. The summed E-state index contributed by atoms with van der Waals surface area (Å²) in [7, 11) is -4.19. The predicted molar refractivity (Wildman–Crippen MR) is 107 cm³/mol. The molecule has 2 aromatic heterocycles. The monoisotopic (exact) mass is 412 g/mol. The Labute approximate surface area is 168 Å². The summed E-state index contributed by atoms with van der Waals surface area (Å²) in [5, 5.41) is 3.40. The van der Waals surface area contributed by atoms with Crippen LogP contribution in [0.1, 0.15) is 36.8 Å². The second-order valence-electron chi connectivity index (χ2n) is 6.55. The Hall–Kier alpha value is -3.36. The maximum absolute atomic E-state index is 13.0. The molecule has 150 valence electrons. The number of aromatic nitrogens is 3. The molecule has 2 heterocycles. The van der Waals surface area contributed by atoms with Gasteiger partial charge in [-0.2, -0.15) is 8.42 Å². The molecule has 9 nitrogen and oxygen atoms in total. The molecule has 0 saturated carbocycles. The molecule has 0 saturated heterocycles. The minimum absolute atomic E-state index is 0.0812. The van der Waals surface area contributed by atoms with Crippen molar-refractivity contribution in [3.8, 4) is 5.75 Å². The van der Waals surface area contributed by atoms with Crippen molar-refractivity contribution in [1.82, 2.24) is 14.5 Å². The summed E-state index contributed by atoms with van der Waals surface area (Å²) in [6, 6.07) is 11.9. The van der Waals surface area contributed by atoms with Crippen LogP contribution in [-0.4, -0.2) is 23.0 Å². The number of imidazole rings is 1. The summed E-state index contributed by atoms with van der Waals surface area (Å²) >= 11 is 0. The van der Waals surface area contributed by atoms with E-state index in [1.54, 1.807) is 47.3 Å². The molecule has 1 aromatic carbocycles. The zero-order chi connectivity index (χ0) is 20.9. The van der Waals surface area contributed by atoms with E-state index in [0.29, 0.717) is 18.1 Å². The average molecular weight is 412 g/mol. The maximum Gasteiger partial charge on any atom is 0.358 e. The van der Waals surface area contributed by atoms with Crippen LogP contribution in [0.25, 0.3) is 10.4 Å². The lowest BCUT2D eigenvalue weighted by Gasteiger charge is -2.15. The van der Waals surface area contributed by atoms with Gasteiger partial charge in [-0.25, -0.2) is 4.98 Å². The number of hydrogen-bond acceptors (Lipinski definition) is 6. The third kappa shape index (κ3) is 4.74. The first-order chi connectivity index (χ1) is 13.9. The predicted octanol–water partition coefficient (Wildman–Crippen LogP) is 4.03. The fourth-order valence-corrected chi connectivity index (χ4v) is 4.20. The number of azide groups is 1. The molecule has 0 aliphatic rings. The zero-order valence-electron chi connectivity index (χ0n) is 16.0. The first-order valence-electron chi connectivity index (χ1n) is 8.91. The first kappa shape index (κ1) is 20.4. The summed E-state index contributed by atoms with van der Waals surface area (Å²) in [5.41, 5.74) is 10.1.